The maximum absolute atomic E-state index is 12.1. The molecule has 2 N–H and O–H groups in total. The van der Waals surface area contributed by atoms with Crippen LogP contribution in [0.5, 0.6) is 0 Å². The Bertz CT molecular complexity index is 420. The zero-order valence-corrected chi connectivity index (χ0v) is 13.4. The van der Waals surface area contributed by atoms with Crippen LogP contribution < -0.4 is 10.6 Å². The van der Waals surface area contributed by atoms with E-state index in [1.165, 1.54) is 0 Å². The molecule has 0 saturated carbocycles. The number of nitrogens with one attached hydrogen (secondary N) is 2. The van der Waals surface area contributed by atoms with Crippen molar-refractivity contribution in [2.75, 3.05) is 19.7 Å². The summed E-state index contributed by atoms with van der Waals surface area (Å²) >= 11 is 0. The molecule has 1 fully saturated rings. The third-order valence-electron chi connectivity index (χ3n) is 3.76. The van der Waals surface area contributed by atoms with Crippen LogP contribution in [0.4, 0.5) is 0 Å². The van der Waals surface area contributed by atoms with Crippen LogP contribution in [0, 0.1) is 0 Å². The van der Waals surface area contributed by atoms with Gasteiger partial charge in [0.25, 0.3) is 0 Å². The Morgan fingerprint density at radius 3 is 2.76 bits per heavy atom. The van der Waals surface area contributed by atoms with Crippen LogP contribution in [0.1, 0.15) is 31.7 Å². The van der Waals surface area contributed by atoms with Crippen molar-refractivity contribution in [3.05, 3.63) is 35.9 Å². The van der Waals surface area contributed by atoms with Gasteiger partial charge in [0.1, 0.15) is 0 Å². The molecule has 4 nitrogen and oxygen atoms in total. The number of carbonyl (C=O) groups is 1. The third kappa shape index (κ3) is 5.65. The van der Waals surface area contributed by atoms with E-state index in [4.69, 9.17) is 4.74 Å². The predicted octanol–water partition coefficient (Wildman–Crippen LogP) is 2.27. The second-order valence-electron chi connectivity index (χ2n) is 5.51. The monoisotopic (exact) mass is 312 g/mol. The SMILES string of the molecule is CC1(C(=O)NCCOCc2ccccc2)CCCCN1.Cl. The Morgan fingerprint density at radius 1 is 1.33 bits per heavy atom. The van der Waals surface area contributed by atoms with Gasteiger partial charge in [-0.05, 0) is 38.3 Å². The fourth-order valence-corrected chi connectivity index (χ4v) is 2.45. The van der Waals surface area contributed by atoms with E-state index in [-0.39, 0.29) is 18.3 Å². The van der Waals surface area contributed by atoms with E-state index in [0.717, 1.165) is 31.4 Å². The number of rotatable bonds is 6. The average Bonchev–Trinajstić information content (AvgIpc) is 2.48. The minimum absolute atomic E-state index is 0. The summed E-state index contributed by atoms with van der Waals surface area (Å²) in [4.78, 5) is 12.1. The fourth-order valence-electron chi connectivity index (χ4n) is 2.45. The van der Waals surface area contributed by atoms with E-state index in [0.29, 0.717) is 19.8 Å². The molecule has 5 heteroatoms. The molecule has 0 radical (unpaired) electrons. The molecular formula is C16H25ClN2O2. The molecule has 118 valence electrons. The minimum Gasteiger partial charge on any atom is -0.375 e. The molecule has 1 amide bonds. The fraction of sp³-hybridized carbons (Fsp3) is 0.562. The van der Waals surface area contributed by atoms with Gasteiger partial charge in [0, 0.05) is 6.54 Å². The Morgan fingerprint density at radius 2 is 2.10 bits per heavy atom. The summed E-state index contributed by atoms with van der Waals surface area (Å²) in [7, 11) is 0. The molecule has 0 bridgehead atoms. The molecule has 2 rings (SSSR count). The highest BCUT2D eigenvalue weighted by Crippen LogP contribution is 2.18. The molecule has 21 heavy (non-hydrogen) atoms. The molecule has 0 aromatic heterocycles. The number of halogens is 1. The topological polar surface area (TPSA) is 50.4 Å². The molecule has 0 spiro atoms. The molecule has 1 aromatic rings. The Balaban J connectivity index is 0.00000220. The molecule has 1 saturated heterocycles. The zero-order valence-electron chi connectivity index (χ0n) is 12.6. The number of amides is 1. The first-order chi connectivity index (χ1) is 9.71. The summed E-state index contributed by atoms with van der Waals surface area (Å²) in [5.41, 5.74) is 0.747. The summed E-state index contributed by atoms with van der Waals surface area (Å²) in [6.07, 6.45) is 3.17. The second-order valence-corrected chi connectivity index (χ2v) is 5.51. The van der Waals surface area contributed by atoms with Gasteiger partial charge in [-0.25, -0.2) is 0 Å². The Kier molecular flexibility index (Phi) is 7.72. The molecular weight excluding hydrogens is 288 g/mol. The van der Waals surface area contributed by atoms with Gasteiger partial charge in [0.15, 0.2) is 0 Å². The van der Waals surface area contributed by atoms with E-state index < -0.39 is 5.54 Å². The lowest BCUT2D eigenvalue weighted by Crippen LogP contribution is -2.57. The van der Waals surface area contributed by atoms with Crippen LogP contribution in [0.25, 0.3) is 0 Å². The van der Waals surface area contributed by atoms with Gasteiger partial charge in [-0.2, -0.15) is 0 Å². The van der Waals surface area contributed by atoms with Crippen molar-refractivity contribution in [2.24, 2.45) is 0 Å². The van der Waals surface area contributed by atoms with Crippen molar-refractivity contribution in [1.29, 1.82) is 0 Å². The molecule has 1 heterocycles. The van der Waals surface area contributed by atoms with Crippen LogP contribution >= 0.6 is 12.4 Å². The van der Waals surface area contributed by atoms with Crippen LogP contribution in [0.15, 0.2) is 30.3 Å². The normalized spacial score (nSPS) is 21.4. The molecule has 1 aliphatic rings. The highest BCUT2D eigenvalue weighted by Gasteiger charge is 2.33. The third-order valence-corrected chi connectivity index (χ3v) is 3.76. The van der Waals surface area contributed by atoms with Crippen molar-refractivity contribution in [3.8, 4) is 0 Å². The first-order valence-electron chi connectivity index (χ1n) is 7.36. The average molecular weight is 313 g/mol. The number of carbonyl (C=O) groups excluding carboxylic acids is 1. The molecule has 1 unspecified atom stereocenters. The Labute approximate surface area is 133 Å². The number of hydrogen-bond acceptors (Lipinski definition) is 3. The van der Waals surface area contributed by atoms with Crippen LogP contribution in [0.3, 0.4) is 0 Å². The van der Waals surface area contributed by atoms with Gasteiger partial charge in [-0.1, -0.05) is 30.3 Å². The van der Waals surface area contributed by atoms with Crippen LogP contribution in [-0.4, -0.2) is 31.1 Å². The number of benzene rings is 1. The Hall–Kier alpha value is -1.10. The standard InChI is InChI=1S/C16H24N2O2.ClH/c1-16(9-5-6-10-18-16)15(19)17-11-12-20-13-14-7-3-2-4-8-14;/h2-4,7-8,18H,5-6,9-13H2,1H3,(H,17,19);1H. The van der Waals surface area contributed by atoms with Gasteiger partial charge >= 0.3 is 0 Å². The molecule has 1 aliphatic heterocycles. The van der Waals surface area contributed by atoms with E-state index in [1.807, 2.05) is 37.3 Å². The highest BCUT2D eigenvalue weighted by atomic mass is 35.5. The van der Waals surface area contributed by atoms with E-state index in [2.05, 4.69) is 10.6 Å². The molecule has 0 aliphatic carbocycles. The first-order valence-corrected chi connectivity index (χ1v) is 7.36. The van der Waals surface area contributed by atoms with Gasteiger partial charge in [-0.3, -0.25) is 4.79 Å². The summed E-state index contributed by atoms with van der Waals surface area (Å²) in [5, 5.41) is 6.26. The second kappa shape index (κ2) is 9.03. The van der Waals surface area contributed by atoms with Crippen molar-refractivity contribution in [1.82, 2.24) is 10.6 Å². The van der Waals surface area contributed by atoms with Crippen molar-refractivity contribution >= 4 is 18.3 Å². The summed E-state index contributed by atoms with van der Waals surface area (Å²) in [5.74, 6) is 0.0838. The largest absolute Gasteiger partial charge is 0.375 e. The quantitative estimate of drug-likeness (QED) is 0.792. The summed E-state index contributed by atoms with van der Waals surface area (Å²) < 4.78 is 5.56. The number of ether oxygens (including phenoxy) is 1. The smallest absolute Gasteiger partial charge is 0.240 e. The lowest BCUT2D eigenvalue weighted by Gasteiger charge is -2.33. The lowest BCUT2D eigenvalue weighted by atomic mass is 9.90. The minimum atomic E-state index is -0.405. The lowest BCUT2D eigenvalue weighted by molar-refractivity contribution is -0.128. The van der Waals surface area contributed by atoms with Crippen molar-refractivity contribution in [3.63, 3.8) is 0 Å². The molecule has 1 atom stereocenters. The van der Waals surface area contributed by atoms with Crippen LogP contribution in [-0.2, 0) is 16.1 Å². The van der Waals surface area contributed by atoms with Crippen molar-refractivity contribution in [2.45, 2.75) is 38.3 Å². The van der Waals surface area contributed by atoms with Gasteiger partial charge < -0.3 is 15.4 Å². The summed E-state index contributed by atoms with van der Waals surface area (Å²) in [6.45, 7) is 4.59. The van der Waals surface area contributed by atoms with E-state index >= 15 is 0 Å². The van der Waals surface area contributed by atoms with E-state index in [9.17, 15) is 4.79 Å². The first kappa shape index (κ1) is 18.0. The van der Waals surface area contributed by atoms with Gasteiger partial charge in [0.05, 0.1) is 18.8 Å². The van der Waals surface area contributed by atoms with Gasteiger partial charge in [-0.15, -0.1) is 12.4 Å². The number of piperidine rings is 1. The van der Waals surface area contributed by atoms with E-state index in [1.54, 1.807) is 0 Å². The maximum Gasteiger partial charge on any atom is 0.240 e. The van der Waals surface area contributed by atoms with Gasteiger partial charge in [0.2, 0.25) is 5.91 Å². The number of hydrogen-bond donors (Lipinski definition) is 2. The predicted molar refractivity (Wildman–Crippen MR) is 86.6 cm³/mol. The zero-order chi connectivity index (χ0) is 14.3. The summed E-state index contributed by atoms with van der Waals surface area (Å²) in [6, 6.07) is 10.0. The molecule has 1 aromatic carbocycles. The maximum atomic E-state index is 12.1. The highest BCUT2D eigenvalue weighted by molar-refractivity contribution is 5.86. The van der Waals surface area contributed by atoms with Crippen molar-refractivity contribution < 1.29 is 9.53 Å². The van der Waals surface area contributed by atoms with Crippen LogP contribution in [0.2, 0.25) is 0 Å².